The van der Waals surface area contributed by atoms with Crippen LogP contribution in [0.4, 0.5) is 5.69 Å². The number of nitrogens with zero attached hydrogens (tertiary/aromatic N) is 2. The summed E-state index contributed by atoms with van der Waals surface area (Å²) in [6.07, 6.45) is 1.61. The van der Waals surface area contributed by atoms with Crippen LogP contribution in [0, 0.1) is 13.8 Å². The fourth-order valence-corrected chi connectivity index (χ4v) is 2.80. The van der Waals surface area contributed by atoms with Crippen LogP contribution in [-0.4, -0.2) is 15.1 Å². The number of pyridine rings is 1. The normalized spacial score (nSPS) is 11.9. The highest BCUT2D eigenvalue weighted by Crippen LogP contribution is 2.24. The first-order valence-corrected chi connectivity index (χ1v) is 8.33. The molecule has 2 aromatic heterocycles. The molecule has 7 heteroatoms. The molecule has 0 aliphatic rings. The predicted octanol–water partition coefficient (Wildman–Crippen LogP) is 3.46. The van der Waals surface area contributed by atoms with Gasteiger partial charge in [0.05, 0.1) is 23.6 Å². The molecule has 3 aromatic rings. The second kappa shape index (κ2) is 6.92. The number of aliphatic hydroxyl groups excluding tert-OH is 1. The largest absolute Gasteiger partial charge is 0.436 e. The minimum atomic E-state index is -0.167. The van der Waals surface area contributed by atoms with Crippen LogP contribution in [0.1, 0.15) is 22.4 Å². The van der Waals surface area contributed by atoms with Gasteiger partial charge >= 0.3 is 0 Å². The number of rotatable bonds is 3. The molecule has 0 bridgehead atoms. The summed E-state index contributed by atoms with van der Waals surface area (Å²) in [5, 5.41) is 10.8. The lowest BCUT2D eigenvalue weighted by atomic mass is 10.1. The van der Waals surface area contributed by atoms with E-state index >= 15 is 0 Å². The van der Waals surface area contributed by atoms with Gasteiger partial charge in [0.2, 0.25) is 5.55 Å². The number of hydrogen-bond donors (Lipinski definition) is 2. The lowest BCUT2D eigenvalue weighted by Gasteiger charge is -2.08. The molecule has 0 saturated carbocycles. The third kappa shape index (κ3) is 3.42. The maximum atomic E-state index is 9.54. The molecule has 0 amide bonds. The molecule has 0 fully saturated rings. The van der Waals surface area contributed by atoms with Gasteiger partial charge in [-0.25, -0.2) is 4.99 Å². The van der Waals surface area contributed by atoms with Crippen molar-refractivity contribution in [2.24, 2.45) is 10.7 Å². The highest BCUT2D eigenvalue weighted by molar-refractivity contribution is 7.80. The molecule has 3 N–H and O–H groups in total. The smallest absolute Gasteiger partial charge is 0.230 e. The van der Waals surface area contributed by atoms with E-state index in [1.165, 1.54) is 0 Å². The van der Waals surface area contributed by atoms with E-state index in [2.05, 4.69) is 9.98 Å². The molecule has 0 aliphatic heterocycles. The number of aromatic nitrogens is 1. The summed E-state index contributed by atoms with van der Waals surface area (Å²) < 4.78 is 5.98. The summed E-state index contributed by atoms with van der Waals surface area (Å²) in [7, 11) is 0. The van der Waals surface area contributed by atoms with Gasteiger partial charge in [-0.1, -0.05) is 29.9 Å². The molecule has 128 valence electrons. The Hall–Kier alpha value is -2.28. The van der Waals surface area contributed by atoms with E-state index in [9.17, 15) is 5.11 Å². The average molecular weight is 374 g/mol. The molecule has 0 unspecified atom stereocenters. The standard InChI is InChI=1S/C18H16ClN3O2S/c1-9-3-4-12(19)5-15(9)22-18-14(17(20)25)6-13-11(8-23)7-21-10(2)16(13)24-18/h3-7,23H,8H2,1-2H3,(H2,20,25). The SMILES string of the molecule is Cc1ccc(Cl)cc1N=c1oc2c(C)ncc(CO)c2cc1C(N)=S. The molecule has 0 radical (unpaired) electrons. The number of hydrogen-bond acceptors (Lipinski definition) is 5. The van der Waals surface area contributed by atoms with Crippen LogP contribution in [0.2, 0.25) is 5.02 Å². The van der Waals surface area contributed by atoms with E-state index in [0.29, 0.717) is 38.5 Å². The summed E-state index contributed by atoms with van der Waals surface area (Å²) in [6, 6.07) is 7.19. The van der Waals surface area contributed by atoms with Gasteiger partial charge < -0.3 is 15.3 Å². The van der Waals surface area contributed by atoms with Crippen LogP contribution in [0.25, 0.3) is 11.0 Å². The van der Waals surface area contributed by atoms with E-state index in [1.807, 2.05) is 19.9 Å². The van der Waals surface area contributed by atoms with Crippen molar-refractivity contribution >= 4 is 45.5 Å². The Morgan fingerprint density at radius 2 is 2.12 bits per heavy atom. The Morgan fingerprint density at radius 1 is 1.36 bits per heavy atom. The average Bonchev–Trinajstić information content (AvgIpc) is 2.58. The Kier molecular flexibility index (Phi) is 4.85. The fraction of sp³-hybridized carbons (Fsp3) is 0.167. The molecular weight excluding hydrogens is 358 g/mol. The van der Waals surface area contributed by atoms with E-state index < -0.39 is 0 Å². The van der Waals surface area contributed by atoms with Gasteiger partial charge in [-0.3, -0.25) is 4.98 Å². The van der Waals surface area contributed by atoms with Crippen LogP contribution < -0.4 is 11.3 Å². The molecule has 1 aromatic carbocycles. The molecule has 0 atom stereocenters. The van der Waals surface area contributed by atoms with Gasteiger partial charge in [0.1, 0.15) is 4.99 Å². The Balaban J connectivity index is 2.39. The maximum Gasteiger partial charge on any atom is 0.230 e. The van der Waals surface area contributed by atoms with Crippen molar-refractivity contribution < 1.29 is 9.52 Å². The molecule has 25 heavy (non-hydrogen) atoms. The fourth-order valence-electron chi connectivity index (χ4n) is 2.49. The van der Waals surface area contributed by atoms with Crippen LogP contribution >= 0.6 is 23.8 Å². The van der Waals surface area contributed by atoms with Crippen LogP contribution in [0.3, 0.4) is 0 Å². The topological polar surface area (TPSA) is 84.6 Å². The van der Waals surface area contributed by atoms with Crippen molar-refractivity contribution in [3.05, 3.63) is 63.4 Å². The summed E-state index contributed by atoms with van der Waals surface area (Å²) in [4.78, 5) is 8.97. The minimum Gasteiger partial charge on any atom is -0.436 e. The van der Waals surface area contributed by atoms with E-state index in [-0.39, 0.29) is 17.1 Å². The first-order valence-electron chi connectivity index (χ1n) is 7.54. The number of aliphatic hydroxyl groups is 1. The number of benzene rings is 1. The highest BCUT2D eigenvalue weighted by Gasteiger charge is 2.12. The summed E-state index contributed by atoms with van der Waals surface area (Å²) in [5.41, 5.74) is 10.1. The van der Waals surface area contributed by atoms with Gasteiger partial charge in [-0.05, 0) is 37.6 Å². The van der Waals surface area contributed by atoms with E-state index in [0.717, 1.165) is 5.56 Å². The van der Waals surface area contributed by atoms with Crippen LogP contribution in [0.5, 0.6) is 0 Å². The molecule has 0 spiro atoms. The second-order valence-electron chi connectivity index (χ2n) is 5.64. The quantitative estimate of drug-likeness (QED) is 0.687. The summed E-state index contributed by atoms with van der Waals surface area (Å²) in [5.74, 6) is 0. The second-order valence-corrected chi connectivity index (χ2v) is 6.52. The van der Waals surface area contributed by atoms with Crippen molar-refractivity contribution in [3.8, 4) is 0 Å². The van der Waals surface area contributed by atoms with Crippen LogP contribution in [-0.2, 0) is 6.61 Å². The van der Waals surface area contributed by atoms with Crippen molar-refractivity contribution in [1.82, 2.24) is 4.98 Å². The number of halogens is 1. The highest BCUT2D eigenvalue weighted by atomic mass is 35.5. The van der Waals surface area contributed by atoms with Gasteiger partial charge in [0.25, 0.3) is 0 Å². The zero-order chi connectivity index (χ0) is 18.1. The number of thiocarbonyl (C=S) groups is 1. The van der Waals surface area contributed by atoms with Gasteiger partial charge in [0, 0.05) is 22.2 Å². The zero-order valence-corrected chi connectivity index (χ0v) is 15.3. The first-order chi connectivity index (χ1) is 11.9. The van der Waals surface area contributed by atoms with Crippen molar-refractivity contribution in [2.75, 3.05) is 0 Å². The third-order valence-corrected chi connectivity index (χ3v) is 4.34. The summed E-state index contributed by atoms with van der Waals surface area (Å²) in [6.45, 7) is 3.58. The van der Waals surface area contributed by atoms with Gasteiger partial charge in [-0.2, -0.15) is 0 Å². The number of fused-ring (bicyclic) bond motifs is 1. The Labute approximate surface area is 154 Å². The summed E-state index contributed by atoms with van der Waals surface area (Å²) >= 11 is 11.2. The monoisotopic (exact) mass is 373 g/mol. The lowest BCUT2D eigenvalue weighted by molar-refractivity contribution is 0.282. The minimum absolute atomic E-state index is 0.155. The molecule has 0 aliphatic carbocycles. The zero-order valence-electron chi connectivity index (χ0n) is 13.7. The molecule has 0 saturated heterocycles. The maximum absolute atomic E-state index is 9.54. The Bertz CT molecular complexity index is 1060. The van der Waals surface area contributed by atoms with Crippen molar-refractivity contribution in [2.45, 2.75) is 20.5 Å². The molecule has 2 heterocycles. The van der Waals surface area contributed by atoms with Crippen LogP contribution in [0.15, 0.2) is 39.9 Å². The Morgan fingerprint density at radius 3 is 2.80 bits per heavy atom. The van der Waals surface area contributed by atoms with E-state index in [1.54, 1.807) is 24.4 Å². The van der Waals surface area contributed by atoms with Gasteiger partial charge in [-0.15, -0.1) is 0 Å². The number of aryl methyl sites for hydroxylation is 2. The predicted molar refractivity (Wildman–Crippen MR) is 102 cm³/mol. The lowest BCUT2D eigenvalue weighted by Crippen LogP contribution is -2.21. The molecule has 5 nitrogen and oxygen atoms in total. The molecule has 3 rings (SSSR count). The number of nitrogens with two attached hydrogens (primary N) is 1. The third-order valence-electron chi connectivity index (χ3n) is 3.88. The van der Waals surface area contributed by atoms with Crippen molar-refractivity contribution in [1.29, 1.82) is 0 Å². The van der Waals surface area contributed by atoms with Crippen molar-refractivity contribution in [3.63, 3.8) is 0 Å². The van der Waals surface area contributed by atoms with Gasteiger partial charge in [0.15, 0.2) is 5.58 Å². The van der Waals surface area contributed by atoms with E-state index in [4.69, 9.17) is 34.0 Å². The first kappa shape index (κ1) is 17.5. The molecular formula is C18H16ClN3O2S.